The second-order valence-electron chi connectivity index (χ2n) is 4.64. The van der Waals surface area contributed by atoms with Crippen LogP contribution in [0.5, 0.6) is 5.75 Å². The smallest absolute Gasteiger partial charge is 0.406 e. The van der Waals surface area contributed by atoms with Gasteiger partial charge in [-0.05, 0) is 37.1 Å². The minimum absolute atomic E-state index is 0.120. The van der Waals surface area contributed by atoms with Crippen LogP contribution in [-0.2, 0) is 6.54 Å². The largest absolute Gasteiger partial charge is 0.573 e. The van der Waals surface area contributed by atoms with Gasteiger partial charge in [-0.25, -0.2) is 0 Å². The summed E-state index contributed by atoms with van der Waals surface area (Å²) in [5.74, 6) is -0.212. The monoisotopic (exact) mass is 275 g/mol. The molecule has 3 nitrogen and oxygen atoms in total. The molecule has 1 aliphatic rings. The van der Waals surface area contributed by atoms with Crippen LogP contribution >= 0.6 is 0 Å². The van der Waals surface area contributed by atoms with Gasteiger partial charge in [0.2, 0.25) is 0 Å². The van der Waals surface area contributed by atoms with Crippen LogP contribution in [0, 0.1) is 0 Å². The van der Waals surface area contributed by atoms with E-state index in [1.54, 1.807) is 12.1 Å². The number of hydrogen-bond donors (Lipinski definition) is 1. The fourth-order valence-electron chi connectivity index (χ4n) is 2.34. The van der Waals surface area contributed by atoms with Gasteiger partial charge in [0.15, 0.2) is 0 Å². The molecule has 0 unspecified atom stereocenters. The van der Waals surface area contributed by atoms with Crippen LogP contribution in [-0.4, -0.2) is 35.6 Å². The third-order valence-corrected chi connectivity index (χ3v) is 3.25. The molecule has 1 aromatic carbocycles. The second-order valence-corrected chi connectivity index (χ2v) is 4.64. The normalized spacial score (nSPS) is 20.7. The van der Waals surface area contributed by atoms with E-state index >= 15 is 0 Å². The zero-order chi connectivity index (χ0) is 13.9. The van der Waals surface area contributed by atoms with Gasteiger partial charge < -0.3 is 9.84 Å². The molecule has 1 N–H and O–H groups in total. The van der Waals surface area contributed by atoms with E-state index in [1.807, 2.05) is 0 Å². The molecule has 0 spiro atoms. The molecule has 6 heteroatoms. The minimum Gasteiger partial charge on any atom is -0.406 e. The Morgan fingerprint density at radius 1 is 1.26 bits per heavy atom. The number of halogens is 3. The van der Waals surface area contributed by atoms with Crippen molar-refractivity contribution in [3.8, 4) is 5.75 Å². The van der Waals surface area contributed by atoms with Crippen LogP contribution in [0.15, 0.2) is 24.3 Å². The lowest BCUT2D eigenvalue weighted by atomic mass is 10.2. The highest BCUT2D eigenvalue weighted by Crippen LogP contribution is 2.24. The fraction of sp³-hybridized carbons (Fsp3) is 0.538. The van der Waals surface area contributed by atoms with Gasteiger partial charge in [-0.2, -0.15) is 0 Å². The molecule has 1 saturated heterocycles. The van der Waals surface area contributed by atoms with Crippen molar-refractivity contribution >= 4 is 0 Å². The van der Waals surface area contributed by atoms with Crippen molar-refractivity contribution in [1.82, 2.24) is 4.90 Å². The maximum Gasteiger partial charge on any atom is 0.573 e. The Labute approximate surface area is 109 Å². The Morgan fingerprint density at radius 3 is 2.53 bits per heavy atom. The molecule has 0 saturated carbocycles. The van der Waals surface area contributed by atoms with Gasteiger partial charge >= 0.3 is 6.36 Å². The lowest BCUT2D eigenvalue weighted by molar-refractivity contribution is -0.274. The van der Waals surface area contributed by atoms with E-state index in [2.05, 4.69) is 9.64 Å². The van der Waals surface area contributed by atoms with Gasteiger partial charge in [-0.3, -0.25) is 4.90 Å². The summed E-state index contributed by atoms with van der Waals surface area (Å²) in [4.78, 5) is 2.14. The summed E-state index contributed by atoms with van der Waals surface area (Å²) < 4.78 is 39.8. The predicted molar refractivity (Wildman–Crippen MR) is 63.6 cm³/mol. The number of nitrogens with zero attached hydrogens (tertiary/aromatic N) is 1. The first kappa shape index (κ1) is 14.1. The van der Waals surface area contributed by atoms with Gasteiger partial charge in [-0.15, -0.1) is 13.2 Å². The van der Waals surface area contributed by atoms with Crippen LogP contribution < -0.4 is 4.74 Å². The first-order chi connectivity index (χ1) is 8.98. The molecule has 0 bridgehead atoms. The summed E-state index contributed by atoms with van der Waals surface area (Å²) in [7, 11) is 0. The molecule has 0 aliphatic carbocycles. The van der Waals surface area contributed by atoms with Crippen molar-refractivity contribution < 1.29 is 23.0 Å². The summed E-state index contributed by atoms with van der Waals surface area (Å²) in [5.41, 5.74) is 0.912. The average molecular weight is 275 g/mol. The first-order valence-electron chi connectivity index (χ1n) is 6.17. The van der Waals surface area contributed by atoms with E-state index in [0.717, 1.165) is 24.9 Å². The van der Waals surface area contributed by atoms with Gasteiger partial charge in [0, 0.05) is 12.6 Å². The molecule has 1 heterocycles. The van der Waals surface area contributed by atoms with Gasteiger partial charge in [0.05, 0.1) is 6.61 Å². The van der Waals surface area contributed by atoms with Crippen molar-refractivity contribution in [2.75, 3.05) is 13.2 Å². The first-order valence-corrected chi connectivity index (χ1v) is 6.17. The third kappa shape index (κ3) is 4.11. The van der Waals surface area contributed by atoms with Crippen LogP contribution in [0.1, 0.15) is 18.4 Å². The maximum absolute atomic E-state index is 12.0. The molecule has 2 rings (SSSR count). The van der Waals surface area contributed by atoms with Crippen molar-refractivity contribution in [3.05, 3.63) is 29.8 Å². The molecule has 1 aliphatic heterocycles. The second kappa shape index (κ2) is 5.79. The van der Waals surface area contributed by atoms with Crippen molar-refractivity contribution in [1.29, 1.82) is 0 Å². The van der Waals surface area contributed by atoms with E-state index in [1.165, 1.54) is 12.1 Å². The number of aliphatic hydroxyl groups excluding tert-OH is 1. The Hall–Kier alpha value is -1.27. The summed E-state index contributed by atoms with van der Waals surface area (Å²) in [6.07, 6.45) is -2.65. The number of benzene rings is 1. The number of aliphatic hydroxyl groups is 1. The predicted octanol–water partition coefficient (Wildman–Crippen LogP) is 2.54. The summed E-state index contributed by atoms with van der Waals surface area (Å²) in [6.45, 7) is 1.67. The van der Waals surface area contributed by atoms with Crippen molar-refractivity contribution in [2.24, 2.45) is 0 Å². The van der Waals surface area contributed by atoms with E-state index in [0.29, 0.717) is 6.54 Å². The fourth-order valence-corrected chi connectivity index (χ4v) is 2.34. The minimum atomic E-state index is -4.65. The van der Waals surface area contributed by atoms with Gasteiger partial charge in [0.1, 0.15) is 5.75 Å². The molecule has 0 amide bonds. The Balaban J connectivity index is 1.95. The molecule has 106 valence electrons. The summed E-state index contributed by atoms with van der Waals surface area (Å²) in [5, 5.41) is 9.20. The molecule has 1 fully saturated rings. The maximum atomic E-state index is 12.0. The highest BCUT2D eigenvalue weighted by molar-refractivity contribution is 5.27. The molecular weight excluding hydrogens is 259 g/mol. The zero-order valence-electron chi connectivity index (χ0n) is 10.4. The molecule has 19 heavy (non-hydrogen) atoms. The van der Waals surface area contributed by atoms with E-state index in [-0.39, 0.29) is 18.4 Å². The zero-order valence-corrected chi connectivity index (χ0v) is 10.4. The van der Waals surface area contributed by atoms with Crippen molar-refractivity contribution in [2.45, 2.75) is 31.8 Å². The molecular formula is C13H16F3NO2. The number of alkyl halides is 3. The average Bonchev–Trinajstić information content (AvgIpc) is 2.77. The number of ether oxygens (including phenoxy) is 1. The van der Waals surface area contributed by atoms with Gasteiger partial charge in [0.25, 0.3) is 0 Å². The van der Waals surface area contributed by atoms with Crippen LogP contribution in [0.3, 0.4) is 0 Å². The Bertz CT molecular complexity index is 405. The highest BCUT2D eigenvalue weighted by Gasteiger charge is 2.31. The topological polar surface area (TPSA) is 32.7 Å². The van der Waals surface area contributed by atoms with E-state index < -0.39 is 6.36 Å². The molecule has 1 aromatic rings. The number of rotatable bonds is 4. The van der Waals surface area contributed by atoms with Crippen molar-refractivity contribution in [3.63, 3.8) is 0 Å². The molecule has 0 radical (unpaired) electrons. The third-order valence-electron chi connectivity index (χ3n) is 3.25. The standard InChI is InChI=1S/C13H16F3NO2/c14-13(15,16)19-12-5-3-10(4-6-12)8-17-7-1-2-11(17)9-18/h3-6,11,18H,1-2,7-9H2/t11-/m0/s1. The van der Waals surface area contributed by atoms with Gasteiger partial charge in [-0.1, -0.05) is 12.1 Å². The van der Waals surface area contributed by atoms with Crippen LogP contribution in [0.25, 0.3) is 0 Å². The Morgan fingerprint density at radius 2 is 1.95 bits per heavy atom. The summed E-state index contributed by atoms with van der Waals surface area (Å²) in [6, 6.07) is 6.02. The van der Waals surface area contributed by atoms with Crippen LogP contribution in [0.2, 0.25) is 0 Å². The molecule has 1 atom stereocenters. The SMILES string of the molecule is OC[C@@H]1CCCN1Cc1ccc(OC(F)(F)F)cc1. The number of likely N-dealkylation sites (tertiary alicyclic amines) is 1. The van der Waals surface area contributed by atoms with Crippen LogP contribution in [0.4, 0.5) is 13.2 Å². The quantitative estimate of drug-likeness (QED) is 0.916. The van der Waals surface area contributed by atoms with E-state index in [9.17, 15) is 18.3 Å². The lowest BCUT2D eigenvalue weighted by Gasteiger charge is -2.22. The Kier molecular flexibility index (Phi) is 4.31. The number of hydrogen-bond acceptors (Lipinski definition) is 3. The summed E-state index contributed by atoms with van der Waals surface area (Å²) >= 11 is 0. The highest BCUT2D eigenvalue weighted by atomic mass is 19.4. The van der Waals surface area contributed by atoms with E-state index in [4.69, 9.17) is 0 Å². The molecule has 0 aromatic heterocycles. The lowest BCUT2D eigenvalue weighted by Crippen LogP contribution is -2.31.